The Kier molecular flexibility index (Phi) is 4.43. The minimum absolute atomic E-state index is 0.204. The van der Waals surface area contributed by atoms with Crippen LogP contribution in [0.5, 0.6) is 0 Å². The number of hydrogen-bond donors (Lipinski definition) is 1. The second-order valence-corrected chi connectivity index (χ2v) is 6.50. The van der Waals surface area contributed by atoms with Crippen molar-refractivity contribution in [1.29, 1.82) is 0 Å². The molecule has 3 atom stereocenters. The molecule has 0 spiro atoms. The van der Waals surface area contributed by atoms with Crippen molar-refractivity contribution in [3.05, 3.63) is 34.4 Å². The van der Waals surface area contributed by atoms with Gasteiger partial charge in [0.25, 0.3) is 0 Å². The van der Waals surface area contributed by atoms with Crippen LogP contribution >= 0.6 is 0 Å². The molecule has 1 N–H and O–H groups in total. The van der Waals surface area contributed by atoms with Crippen molar-refractivity contribution < 1.29 is 19.4 Å². The number of carboxylic acid groups (broad SMARTS) is 1. The van der Waals surface area contributed by atoms with E-state index < -0.39 is 11.4 Å². The fourth-order valence-electron chi connectivity index (χ4n) is 4.11. The molecule has 1 saturated carbocycles. The summed E-state index contributed by atoms with van der Waals surface area (Å²) in [5.74, 6) is -1.67. The third-order valence-electron chi connectivity index (χ3n) is 5.07. The molecule has 0 radical (unpaired) electrons. The Bertz CT molecular complexity index is 581. The van der Waals surface area contributed by atoms with Gasteiger partial charge in [0.15, 0.2) is 0 Å². The van der Waals surface area contributed by atoms with Gasteiger partial charge in [0.05, 0.1) is 6.10 Å². The van der Waals surface area contributed by atoms with Crippen LogP contribution in [0.3, 0.4) is 0 Å². The van der Waals surface area contributed by atoms with Crippen LogP contribution in [0.25, 0.3) is 0 Å². The van der Waals surface area contributed by atoms with E-state index in [9.17, 15) is 14.7 Å². The zero-order valence-corrected chi connectivity index (χ0v) is 13.9. The number of Topliss-reactive ketones (excluding diaryl/α,β-unsaturated/α-hetero) is 1. The van der Waals surface area contributed by atoms with Gasteiger partial charge in [-0.15, -0.1) is 0 Å². The predicted octanol–water partition coefficient (Wildman–Crippen LogP) is 3.16. The van der Waals surface area contributed by atoms with Crippen LogP contribution in [0.15, 0.2) is 12.1 Å². The van der Waals surface area contributed by atoms with Gasteiger partial charge in [-0.2, -0.15) is 0 Å². The third kappa shape index (κ3) is 2.45. The molecule has 0 aromatic heterocycles. The SMILES string of the molecule is COC1CC(c2c(C)cc(C)cc2C)C(C(C)=O)(C(=O)O)C1. The maximum atomic E-state index is 12.3. The summed E-state index contributed by atoms with van der Waals surface area (Å²) in [5.41, 5.74) is 2.84. The Morgan fingerprint density at radius 1 is 1.23 bits per heavy atom. The molecule has 1 aliphatic rings. The van der Waals surface area contributed by atoms with Crippen molar-refractivity contribution in [2.24, 2.45) is 5.41 Å². The number of aliphatic carboxylic acids is 1. The fraction of sp³-hybridized carbons (Fsp3) is 0.556. The zero-order valence-electron chi connectivity index (χ0n) is 13.9. The van der Waals surface area contributed by atoms with Gasteiger partial charge >= 0.3 is 5.97 Å². The number of methoxy groups -OCH3 is 1. The van der Waals surface area contributed by atoms with Crippen LogP contribution in [0.4, 0.5) is 0 Å². The normalized spacial score (nSPS) is 27.9. The molecule has 1 aromatic rings. The molecule has 0 saturated heterocycles. The van der Waals surface area contributed by atoms with Crippen LogP contribution in [-0.2, 0) is 14.3 Å². The predicted molar refractivity (Wildman–Crippen MR) is 84.2 cm³/mol. The van der Waals surface area contributed by atoms with Crippen LogP contribution in [0.2, 0.25) is 0 Å². The monoisotopic (exact) mass is 304 g/mol. The molecule has 4 heteroatoms. The maximum Gasteiger partial charge on any atom is 0.317 e. The van der Waals surface area contributed by atoms with Gasteiger partial charge in [-0.25, -0.2) is 0 Å². The van der Waals surface area contributed by atoms with Crippen molar-refractivity contribution in [3.63, 3.8) is 0 Å². The lowest BCUT2D eigenvalue weighted by Gasteiger charge is -2.31. The quantitative estimate of drug-likeness (QED) is 0.868. The van der Waals surface area contributed by atoms with Crippen LogP contribution in [0.1, 0.15) is 47.9 Å². The minimum Gasteiger partial charge on any atom is -0.480 e. The summed E-state index contributed by atoms with van der Waals surface area (Å²) in [4.78, 5) is 24.3. The number of ether oxygens (including phenoxy) is 1. The molecular formula is C18H24O4. The van der Waals surface area contributed by atoms with Gasteiger partial charge in [-0.3, -0.25) is 9.59 Å². The number of carbonyl (C=O) groups is 2. The maximum absolute atomic E-state index is 12.3. The molecule has 4 nitrogen and oxygen atoms in total. The van der Waals surface area contributed by atoms with E-state index in [-0.39, 0.29) is 24.2 Å². The van der Waals surface area contributed by atoms with Crippen LogP contribution in [0, 0.1) is 26.2 Å². The van der Waals surface area contributed by atoms with Gasteiger partial charge in [-0.05, 0) is 57.2 Å². The van der Waals surface area contributed by atoms with Crippen LogP contribution < -0.4 is 0 Å². The minimum atomic E-state index is -1.38. The number of aryl methyl sites for hydroxylation is 3. The second-order valence-electron chi connectivity index (χ2n) is 6.50. The third-order valence-corrected chi connectivity index (χ3v) is 5.07. The molecule has 120 valence electrons. The summed E-state index contributed by atoms with van der Waals surface area (Å²) < 4.78 is 5.41. The standard InChI is InChI=1S/C18H24O4/c1-10-6-11(2)16(12(3)7-10)15-8-14(22-5)9-18(15,13(4)19)17(20)21/h6-7,14-15H,8-9H2,1-5H3,(H,20,21). The summed E-state index contributed by atoms with van der Waals surface area (Å²) in [6.45, 7) is 7.38. The number of carbonyl (C=O) groups excluding carboxylic acids is 1. The first kappa shape index (κ1) is 16.7. The topological polar surface area (TPSA) is 63.6 Å². The summed E-state index contributed by atoms with van der Waals surface area (Å²) in [6, 6.07) is 4.10. The second kappa shape index (κ2) is 5.84. The van der Waals surface area contributed by atoms with Gasteiger partial charge in [0.2, 0.25) is 0 Å². The van der Waals surface area contributed by atoms with Crippen molar-refractivity contribution in [2.75, 3.05) is 7.11 Å². The Morgan fingerprint density at radius 2 is 1.77 bits per heavy atom. The largest absolute Gasteiger partial charge is 0.480 e. The van der Waals surface area contributed by atoms with E-state index in [2.05, 4.69) is 12.1 Å². The number of hydrogen-bond acceptors (Lipinski definition) is 3. The number of ketones is 1. The first-order chi connectivity index (χ1) is 10.2. The Balaban J connectivity index is 2.65. The number of carboxylic acids is 1. The van der Waals surface area contributed by atoms with Gasteiger partial charge in [0, 0.05) is 13.0 Å². The van der Waals surface area contributed by atoms with E-state index in [1.807, 2.05) is 20.8 Å². The van der Waals surface area contributed by atoms with E-state index in [0.29, 0.717) is 6.42 Å². The molecule has 1 aliphatic carbocycles. The Hall–Kier alpha value is -1.68. The average Bonchev–Trinajstić information content (AvgIpc) is 2.78. The molecule has 1 fully saturated rings. The molecule has 0 aliphatic heterocycles. The van der Waals surface area contributed by atoms with Crippen LogP contribution in [-0.4, -0.2) is 30.1 Å². The van der Waals surface area contributed by atoms with E-state index in [0.717, 1.165) is 22.3 Å². The van der Waals surface area contributed by atoms with Crippen molar-refractivity contribution in [1.82, 2.24) is 0 Å². The van der Waals surface area contributed by atoms with E-state index in [4.69, 9.17) is 4.74 Å². The highest BCUT2D eigenvalue weighted by Crippen LogP contribution is 2.52. The highest BCUT2D eigenvalue weighted by Gasteiger charge is 2.57. The van der Waals surface area contributed by atoms with Gasteiger partial charge in [-0.1, -0.05) is 17.7 Å². The molecule has 1 aromatic carbocycles. The molecule has 2 rings (SSSR count). The van der Waals surface area contributed by atoms with Crippen molar-refractivity contribution in [2.45, 2.75) is 52.6 Å². The zero-order chi connectivity index (χ0) is 16.7. The summed E-state index contributed by atoms with van der Waals surface area (Å²) in [5, 5.41) is 9.84. The first-order valence-electron chi connectivity index (χ1n) is 7.59. The smallest absolute Gasteiger partial charge is 0.317 e. The first-order valence-corrected chi connectivity index (χ1v) is 7.59. The lowest BCUT2D eigenvalue weighted by molar-refractivity contribution is -0.155. The highest BCUT2D eigenvalue weighted by atomic mass is 16.5. The number of rotatable bonds is 4. The molecule has 0 bridgehead atoms. The number of benzene rings is 1. The summed E-state index contributed by atoms with van der Waals surface area (Å²) >= 11 is 0. The Labute approximate surface area is 131 Å². The van der Waals surface area contributed by atoms with Crippen molar-refractivity contribution in [3.8, 4) is 0 Å². The molecular weight excluding hydrogens is 280 g/mol. The highest BCUT2D eigenvalue weighted by molar-refractivity contribution is 6.03. The van der Waals surface area contributed by atoms with E-state index >= 15 is 0 Å². The Morgan fingerprint density at radius 3 is 2.18 bits per heavy atom. The molecule has 3 unspecified atom stereocenters. The van der Waals surface area contributed by atoms with Gasteiger partial charge < -0.3 is 9.84 Å². The van der Waals surface area contributed by atoms with E-state index in [1.165, 1.54) is 6.92 Å². The van der Waals surface area contributed by atoms with Crippen molar-refractivity contribution >= 4 is 11.8 Å². The lowest BCUT2D eigenvalue weighted by atomic mass is 9.69. The average molecular weight is 304 g/mol. The fourth-order valence-corrected chi connectivity index (χ4v) is 4.11. The summed E-state index contributed by atoms with van der Waals surface area (Å²) in [6.07, 6.45) is 0.601. The molecule has 22 heavy (non-hydrogen) atoms. The lowest BCUT2D eigenvalue weighted by Crippen LogP contribution is -2.41. The van der Waals surface area contributed by atoms with Gasteiger partial charge in [0.1, 0.15) is 11.2 Å². The summed E-state index contributed by atoms with van der Waals surface area (Å²) in [7, 11) is 1.58. The molecule has 0 heterocycles. The molecule has 0 amide bonds. The van der Waals surface area contributed by atoms with E-state index in [1.54, 1.807) is 7.11 Å².